The average molecular weight is 276 g/mol. The van der Waals surface area contributed by atoms with E-state index in [0.717, 1.165) is 17.4 Å². The van der Waals surface area contributed by atoms with Crippen molar-refractivity contribution in [2.45, 2.75) is 12.3 Å². The Bertz CT molecular complexity index is 816. The minimum atomic E-state index is -0.295. The first kappa shape index (κ1) is 13.4. The Labute approximate surface area is 123 Å². The van der Waals surface area contributed by atoms with Crippen LogP contribution in [0.3, 0.4) is 0 Å². The summed E-state index contributed by atoms with van der Waals surface area (Å²) in [6.07, 6.45) is 4.32. The van der Waals surface area contributed by atoms with Gasteiger partial charge in [0.15, 0.2) is 0 Å². The van der Waals surface area contributed by atoms with Crippen LogP contribution in [0.15, 0.2) is 82.7 Å². The third-order valence-corrected chi connectivity index (χ3v) is 3.73. The first-order chi connectivity index (χ1) is 10.3. The van der Waals surface area contributed by atoms with E-state index in [4.69, 9.17) is 4.42 Å². The summed E-state index contributed by atoms with van der Waals surface area (Å²) in [6.45, 7) is 3.94. The van der Waals surface area contributed by atoms with E-state index in [1.807, 2.05) is 42.5 Å². The molecule has 2 heteroatoms. The molecule has 1 unspecified atom stereocenters. The SMILES string of the molecule is C=CC(Cc1ccccc1)c1coc(=O)c2ccccc12. The highest BCUT2D eigenvalue weighted by Gasteiger charge is 2.14. The summed E-state index contributed by atoms with van der Waals surface area (Å²) in [5.74, 6) is 0.113. The van der Waals surface area contributed by atoms with Crippen molar-refractivity contribution in [2.24, 2.45) is 0 Å². The average Bonchev–Trinajstić information content (AvgIpc) is 2.55. The zero-order chi connectivity index (χ0) is 14.7. The maximum Gasteiger partial charge on any atom is 0.343 e. The first-order valence-corrected chi connectivity index (χ1v) is 6.96. The van der Waals surface area contributed by atoms with Gasteiger partial charge in [-0.2, -0.15) is 0 Å². The van der Waals surface area contributed by atoms with Crippen molar-refractivity contribution in [2.75, 3.05) is 0 Å². The summed E-state index contributed by atoms with van der Waals surface area (Å²) < 4.78 is 5.19. The molecule has 3 rings (SSSR count). The van der Waals surface area contributed by atoms with Gasteiger partial charge in [0.05, 0.1) is 11.6 Å². The molecule has 0 amide bonds. The van der Waals surface area contributed by atoms with Gasteiger partial charge in [0.1, 0.15) is 0 Å². The monoisotopic (exact) mass is 276 g/mol. The minimum Gasteiger partial charge on any atom is -0.431 e. The Morgan fingerprint density at radius 2 is 1.67 bits per heavy atom. The highest BCUT2D eigenvalue weighted by molar-refractivity contribution is 5.84. The molecular weight excluding hydrogens is 260 g/mol. The summed E-state index contributed by atoms with van der Waals surface area (Å²) in [7, 11) is 0. The fourth-order valence-electron chi connectivity index (χ4n) is 2.63. The first-order valence-electron chi connectivity index (χ1n) is 6.96. The fraction of sp³-hybridized carbons (Fsp3) is 0.105. The Morgan fingerprint density at radius 3 is 2.38 bits per heavy atom. The van der Waals surface area contributed by atoms with Crippen molar-refractivity contribution in [1.82, 2.24) is 0 Å². The molecule has 0 saturated heterocycles. The van der Waals surface area contributed by atoms with Gasteiger partial charge in [-0.25, -0.2) is 4.79 Å². The molecule has 0 radical (unpaired) electrons. The normalized spacial score (nSPS) is 12.2. The van der Waals surface area contributed by atoms with E-state index in [1.165, 1.54) is 5.56 Å². The van der Waals surface area contributed by atoms with E-state index in [2.05, 4.69) is 18.7 Å². The lowest BCUT2D eigenvalue weighted by atomic mass is 9.90. The van der Waals surface area contributed by atoms with E-state index < -0.39 is 0 Å². The number of allylic oxidation sites excluding steroid dienone is 1. The standard InChI is InChI=1S/C19H16O2/c1-2-15(12-14-8-4-3-5-9-14)18-13-21-19(20)17-11-7-6-10-16(17)18/h2-11,13,15H,1,12H2. The number of hydrogen-bond acceptors (Lipinski definition) is 2. The van der Waals surface area contributed by atoms with E-state index in [-0.39, 0.29) is 11.5 Å². The van der Waals surface area contributed by atoms with Crippen LogP contribution in [0.5, 0.6) is 0 Å². The highest BCUT2D eigenvalue weighted by atomic mass is 16.4. The molecule has 0 aliphatic rings. The Kier molecular flexibility index (Phi) is 3.69. The number of rotatable bonds is 4. The van der Waals surface area contributed by atoms with Crippen molar-refractivity contribution >= 4 is 10.8 Å². The molecule has 1 aromatic heterocycles. The molecule has 21 heavy (non-hydrogen) atoms. The van der Waals surface area contributed by atoms with E-state index in [1.54, 1.807) is 12.3 Å². The van der Waals surface area contributed by atoms with Crippen LogP contribution in [0.2, 0.25) is 0 Å². The highest BCUT2D eigenvalue weighted by Crippen LogP contribution is 2.27. The predicted octanol–water partition coefficient (Wildman–Crippen LogP) is 4.31. The summed E-state index contributed by atoms with van der Waals surface area (Å²) in [5, 5.41) is 1.56. The van der Waals surface area contributed by atoms with Crippen LogP contribution in [0, 0.1) is 0 Å². The van der Waals surface area contributed by atoms with Gasteiger partial charge in [-0.05, 0) is 23.4 Å². The lowest BCUT2D eigenvalue weighted by molar-refractivity contribution is 0.510. The van der Waals surface area contributed by atoms with E-state index >= 15 is 0 Å². The summed E-state index contributed by atoms with van der Waals surface area (Å²) in [6, 6.07) is 17.8. The number of fused-ring (bicyclic) bond motifs is 1. The fourth-order valence-corrected chi connectivity index (χ4v) is 2.63. The van der Waals surface area contributed by atoms with Gasteiger partial charge in [0.2, 0.25) is 0 Å². The lowest BCUT2D eigenvalue weighted by Gasteiger charge is -2.14. The molecule has 2 aromatic carbocycles. The second-order valence-corrected chi connectivity index (χ2v) is 5.06. The number of benzene rings is 2. The maximum atomic E-state index is 11.8. The molecule has 0 fully saturated rings. The molecule has 1 atom stereocenters. The molecule has 0 aliphatic carbocycles. The van der Waals surface area contributed by atoms with Gasteiger partial charge in [-0.3, -0.25) is 0 Å². The third kappa shape index (κ3) is 2.65. The molecule has 0 N–H and O–H groups in total. The smallest absolute Gasteiger partial charge is 0.343 e. The molecule has 0 spiro atoms. The van der Waals surface area contributed by atoms with Gasteiger partial charge in [0.25, 0.3) is 0 Å². The second kappa shape index (κ2) is 5.80. The second-order valence-electron chi connectivity index (χ2n) is 5.06. The van der Waals surface area contributed by atoms with Gasteiger partial charge in [-0.15, -0.1) is 6.58 Å². The molecule has 0 saturated carbocycles. The molecular formula is C19H16O2. The van der Waals surface area contributed by atoms with Gasteiger partial charge < -0.3 is 4.42 Å². The molecule has 1 heterocycles. The minimum absolute atomic E-state index is 0.113. The lowest BCUT2D eigenvalue weighted by Crippen LogP contribution is -2.06. The molecule has 3 aromatic rings. The van der Waals surface area contributed by atoms with E-state index in [9.17, 15) is 4.79 Å². The quantitative estimate of drug-likeness (QED) is 0.665. The van der Waals surface area contributed by atoms with E-state index in [0.29, 0.717) is 5.39 Å². The Morgan fingerprint density at radius 1 is 1.00 bits per heavy atom. The summed E-state index contributed by atoms with van der Waals surface area (Å²) in [4.78, 5) is 11.8. The van der Waals surface area contributed by atoms with Crippen LogP contribution < -0.4 is 5.63 Å². The van der Waals surface area contributed by atoms with Crippen molar-refractivity contribution in [1.29, 1.82) is 0 Å². The van der Waals surface area contributed by atoms with Crippen LogP contribution in [0.4, 0.5) is 0 Å². The third-order valence-electron chi connectivity index (χ3n) is 3.73. The van der Waals surface area contributed by atoms with Crippen LogP contribution in [0.1, 0.15) is 17.0 Å². The molecule has 0 bridgehead atoms. The van der Waals surface area contributed by atoms with Crippen molar-refractivity contribution in [3.8, 4) is 0 Å². The van der Waals surface area contributed by atoms with Gasteiger partial charge >= 0.3 is 5.63 Å². The molecule has 104 valence electrons. The Balaban J connectivity index is 2.07. The summed E-state index contributed by atoms with van der Waals surface area (Å²) >= 11 is 0. The zero-order valence-corrected chi connectivity index (χ0v) is 11.7. The zero-order valence-electron chi connectivity index (χ0n) is 11.7. The number of hydrogen-bond donors (Lipinski definition) is 0. The van der Waals surface area contributed by atoms with Crippen molar-refractivity contribution < 1.29 is 4.42 Å². The Hall–Kier alpha value is -2.61. The summed E-state index contributed by atoms with van der Waals surface area (Å²) in [5.41, 5.74) is 1.94. The molecule has 0 aliphatic heterocycles. The van der Waals surface area contributed by atoms with Crippen molar-refractivity contribution in [3.05, 3.63) is 95.1 Å². The van der Waals surface area contributed by atoms with Gasteiger partial charge in [-0.1, -0.05) is 54.6 Å². The molecule has 2 nitrogen and oxygen atoms in total. The van der Waals surface area contributed by atoms with Crippen molar-refractivity contribution in [3.63, 3.8) is 0 Å². The maximum absolute atomic E-state index is 11.8. The van der Waals surface area contributed by atoms with Crippen LogP contribution in [0.25, 0.3) is 10.8 Å². The van der Waals surface area contributed by atoms with Gasteiger partial charge in [0, 0.05) is 11.5 Å². The van der Waals surface area contributed by atoms with Crippen LogP contribution >= 0.6 is 0 Å². The predicted molar refractivity (Wildman–Crippen MR) is 85.6 cm³/mol. The topological polar surface area (TPSA) is 30.2 Å². The van der Waals surface area contributed by atoms with Crippen LogP contribution in [-0.2, 0) is 6.42 Å². The largest absolute Gasteiger partial charge is 0.431 e. The van der Waals surface area contributed by atoms with Crippen LogP contribution in [-0.4, -0.2) is 0 Å².